The van der Waals surface area contributed by atoms with E-state index in [1.54, 1.807) is 20.8 Å². The lowest BCUT2D eigenvalue weighted by Gasteiger charge is -2.33. The van der Waals surface area contributed by atoms with Crippen molar-refractivity contribution >= 4 is 12.1 Å². The second-order valence-corrected chi connectivity index (χ2v) is 5.54. The maximum absolute atomic E-state index is 11.6. The maximum atomic E-state index is 11.6. The van der Waals surface area contributed by atoms with Gasteiger partial charge in [0.05, 0.1) is 6.42 Å². The van der Waals surface area contributed by atoms with Gasteiger partial charge in [0.25, 0.3) is 0 Å². The quantitative estimate of drug-likeness (QED) is 0.793. The molecule has 1 aliphatic rings. The van der Waals surface area contributed by atoms with Crippen molar-refractivity contribution in [1.82, 2.24) is 5.32 Å². The molecule has 1 saturated carbocycles. The summed E-state index contributed by atoms with van der Waals surface area (Å²) in [6, 6.07) is -0.309. The van der Waals surface area contributed by atoms with E-state index in [4.69, 9.17) is 9.84 Å². The summed E-state index contributed by atoms with van der Waals surface area (Å²) in [6.45, 7) is 5.34. The summed E-state index contributed by atoms with van der Waals surface area (Å²) in [6.07, 6.45) is 2.50. The number of ether oxygens (including phenoxy) is 1. The average molecular weight is 243 g/mol. The summed E-state index contributed by atoms with van der Waals surface area (Å²) >= 11 is 0. The molecule has 0 aromatic heterocycles. The Bertz CT molecular complexity index is 291. The summed E-state index contributed by atoms with van der Waals surface area (Å²) in [7, 11) is 0. The summed E-state index contributed by atoms with van der Waals surface area (Å²) in [5.41, 5.74) is -0.558. The Morgan fingerprint density at radius 1 is 1.41 bits per heavy atom. The zero-order valence-corrected chi connectivity index (χ0v) is 10.7. The number of carbonyl (C=O) groups excluding carboxylic acids is 1. The van der Waals surface area contributed by atoms with Crippen molar-refractivity contribution in [3.8, 4) is 0 Å². The molecule has 1 fully saturated rings. The molecule has 0 aromatic rings. The van der Waals surface area contributed by atoms with Gasteiger partial charge in [0.15, 0.2) is 0 Å². The van der Waals surface area contributed by atoms with Crippen molar-refractivity contribution in [2.45, 2.75) is 58.1 Å². The van der Waals surface area contributed by atoms with Gasteiger partial charge in [-0.25, -0.2) is 4.79 Å². The van der Waals surface area contributed by atoms with Crippen LogP contribution < -0.4 is 5.32 Å². The van der Waals surface area contributed by atoms with E-state index >= 15 is 0 Å². The van der Waals surface area contributed by atoms with Crippen molar-refractivity contribution in [2.75, 3.05) is 0 Å². The first-order valence-electron chi connectivity index (χ1n) is 5.99. The third-order valence-electron chi connectivity index (χ3n) is 2.82. The third-order valence-corrected chi connectivity index (χ3v) is 2.82. The van der Waals surface area contributed by atoms with Gasteiger partial charge in [-0.15, -0.1) is 0 Å². The second kappa shape index (κ2) is 5.38. The van der Waals surface area contributed by atoms with E-state index in [9.17, 15) is 9.59 Å². The molecule has 5 nitrogen and oxygen atoms in total. The van der Waals surface area contributed by atoms with Gasteiger partial charge in [0.1, 0.15) is 5.60 Å². The van der Waals surface area contributed by atoms with Crippen LogP contribution in [0.3, 0.4) is 0 Å². The van der Waals surface area contributed by atoms with E-state index in [-0.39, 0.29) is 18.4 Å². The highest BCUT2D eigenvalue weighted by atomic mass is 16.6. The molecule has 1 aliphatic carbocycles. The molecule has 0 unspecified atom stereocenters. The summed E-state index contributed by atoms with van der Waals surface area (Å²) in [4.78, 5) is 22.3. The molecule has 0 aliphatic heterocycles. The zero-order chi connectivity index (χ0) is 13.1. The molecule has 17 heavy (non-hydrogen) atoms. The molecule has 0 heterocycles. The molecule has 0 bridgehead atoms. The number of carboxylic acid groups (broad SMARTS) is 1. The highest BCUT2D eigenvalue weighted by molar-refractivity contribution is 5.71. The Morgan fingerprint density at radius 3 is 2.35 bits per heavy atom. The van der Waals surface area contributed by atoms with Gasteiger partial charge >= 0.3 is 12.1 Å². The summed E-state index contributed by atoms with van der Waals surface area (Å²) < 4.78 is 5.13. The number of hydrogen-bond acceptors (Lipinski definition) is 3. The number of nitrogens with one attached hydrogen (secondary N) is 1. The van der Waals surface area contributed by atoms with E-state index in [2.05, 4.69) is 5.32 Å². The molecule has 1 atom stereocenters. The summed E-state index contributed by atoms with van der Waals surface area (Å²) in [5, 5.41) is 11.5. The minimum atomic E-state index is -0.891. The van der Waals surface area contributed by atoms with Crippen LogP contribution >= 0.6 is 0 Å². The van der Waals surface area contributed by atoms with Gasteiger partial charge in [-0.2, -0.15) is 0 Å². The molecule has 5 heteroatoms. The molecular formula is C12H21NO4. The van der Waals surface area contributed by atoms with Crippen LogP contribution in [-0.4, -0.2) is 28.8 Å². The Labute approximate surface area is 102 Å². The number of carboxylic acids is 1. The SMILES string of the molecule is CC(C)(C)OC(=O)N[C@H](CC(=O)O)C1CCC1. The fourth-order valence-corrected chi connectivity index (χ4v) is 1.82. The van der Waals surface area contributed by atoms with Gasteiger partial charge in [-0.05, 0) is 39.5 Å². The number of rotatable bonds is 4. The standard InChI is InChI=1S/C12H21NO4/c1-12(2,3)17-11(16)13-9(7-10(14)15)8-5-4-6-8/h8-9H,4-7H2,1-3H3,(H,13,16)(H,14,15)/t9-/m1/s1. The zero-order valence-electron chi connectivity index (χ0n) is 10.7. The molecule has 1 amide bonds. The number of hydrogen-bond donors (Lipinski definition) is 2. The Balaban J connectivity index is 2.47. The fraction of sp³-hybridized carbons (Fsp3) is 0.833. The normalized spacial score (nSPS) is 18.1. The lowest BCUT2D eigenvalue weighted by molar-refractivity contribution is -0.138. The highest BCUT2D eigenvalue weighted by Gasteiger charge is 2.31. The number of aliphatic carboxylic acids is 1. The summed E-state index contributed by atoms with van der Waals surface area (Å²) in [5.74, 6) is -0.614. The number of amides is 1. The van der Waals surface area contributed by atoms with E-state index in [0.29, 0.717) is 0 Å². The van der Waals surface area contributed by atoms with E-state index in [1.807, 2.05) is 0 Å². The third kappa shape index (κ3) is 5.06. The van der Waals surface area contributed by atoms with Gasteiger partial charge < -0.3 is 15.2 Å². The number of alkyl carbamates (subject to hydrolysis) is 1. The Hall–Kier alpha value is -1.26. The molecule has 0 spiro atoms. The molecule has 98 valence electrons. The molecule has 0 saturated heterocycles. The first-order chi connectivity index (χ1) is 7.78. The van der Waals surface area contributed by atoms with Crippen LogP contribution in [0.5, 0.6) is 0 Å². The smallest absolute Gasteiger partial charge is 0.407 e. The van der Waals surface area contributed by atoms with Crippen LogP contribution in [0.2, 0.25) is 0 Å². The van der Waals surface area contributed by atoms with Gasteiger partial charge in [-0.3, -0.25) is 4.79 Å². The molecule has 2 N–H and O–H groups in total. The minimum absolute atomic E-state index is 0.0378. The van der Waals surface area contributed by atoms with E-state index in [0.717, 1.165) is 19.3 Å². The number of carbonyl (C=O) groups is 2. The van der Waals surface area contributed by atoms with Crippen LogP contribution in [0, 0.1) is 5.92 Å². The lowest BCUT2D eigenvalue weighted by Crippen LogP contribution is -2.46. The van der Waals surface area contributed by atoms with Crippen molar-refractivity contribution in [2.24, 2.45) is 5.92 Å². The van der Waals surface area contributed by atoms with E-state index < -0.39 is 17.7 Å². The van der Waals surface area contributed by atoms with Crippen molar-refractivity contribution in [3.05, 3.63) is 0 Å². The van der Waals surface area contributed by atoms with E-state index in [1.165, 1.54) is 0 Å². The van der Waals surface area contributed by atoms with Gasteiger partial charge in [0.2, 0.25) is 0 Å². The molecule has 0 aromatic carbocycles. The van der Waals surface area contributed by atoms with Crippen LogP contribution in [0.15, 0.2) is 0 Å². The second-order valence-electron chi connectivity index (χ2n) is 5.54. The Kier molecular flexibility index (Phi) is 4.37. The minimum Gasteiger partial charge on any atom is -0.481 e. The molecule has 1 rings (SSSR count). The fourth-order valence-electron chi connectivity index (χ4n) is 1.82. The van der Waals surface area contributed by atoms with Crippen molar-refractivity contribution in [1.29, 1.82) is 0 Å². The topological polar surface area (TPSA) is 75.6 Å². The Morgan fingerprint density at radius 2 is 2.00 bits per heavy atom. The largest absolute Gasteiger partial charge is 0.481 e. The van der Waals surface area contributed by atoms with Crippen molar-refractivity contribution < 1.29 is 19.4 Å². The van der Waals surface area contributed by atoms with Crippen molar-refractivity contribution in [3.63, 3.8) is 0 Å². The predicted octanol–water partition coefficient (Wildman–Crippen LogP) is 2.15. The van der Waals surface area contributed by atoms with Gasteiger partial charge in [0, 0.05) is 6.04 Å². The first kappa shape index (κ1) is 13.8. The van der Waals surface area contributed by atoms with Crippen LogP contribution in [0.4, 0.5) is 4.79 Å². The predicted molar refractivity (Wildman–Crippen MR) is 62.8 cm³/mol. The lowest BCUT2D eigenvalue weighted by atomic mass is 9.78. The average Bonchev–Trinajstić information content (AvgIpc) is 1.93. The molecular weight excluding hydrogens is 222 g/mol. The molecule has 0 radical (unpaired) electrons. The highest BCUT2D eigenvalue weighted by Crippen LogP contribution is 2.31. The van der Waals surface area contributed by atoms with Crippen LogP contribution in [-0.2, 0) is 9.53 Å². The van der Waals surface area contributed by atoms with Crippen LogP contribution in [0.1, 0.15) is 46.5 Å². The van der Waals surface area contributed by atoms with Gasteiger partial charge in [-0.1, -0.05) is 6.42 Å². The van der Waals surface area contributed by atoms with Crippen LogP contribution in [0.25, 0.3) is 0 Å². The monoisotopic (exact) mass is 243 g/mol. The maximum Gasteiger partial charge on any atom is 0.407 e. The first-order valence-corrected chi connectivity index (χ1v) is 5.99.